The quantitative estimate of drug-likeness (QED) is 0.449. The number of nitrogens with zero attached hydrogens (tertiary/aromatic N) is 3. The van der Waals surface area contributed by atoms with Crippen molar-refractivity contribution in [2.75, 3.05) is 5.32 Å². The smallest absolute Gasteiger partial charge is 0.257 e. The van der Waals surface area contributed by atoms with Crippen LogP contribution in [0.5, 0.6) is 0 Å². The molecule has 1 amide bonds. The number of halogens is 1. The molecule has 0 saturated heterocycles. The summed E-state index contributed by atoms with van der Waals surface area (Å²) in [5.74, 6) is -0.821. The summed E-state index contributed by atoms with van der Waals surface area (Å²) in [6.07, 6.45) is 4.89. The van der Waals surface area contributed by atoms with Crippen molar-refractivity contribution in [1.82, 2.24) is 14.8 Å². The Morgan fingerprint density at radius 2 is 1.79 bits per heavy atom. The molecule has 1 N–H and O–H groups in total. The molecule has 0 fully saturated rings. The third-order valence-corrected chi connectivity index (χ3v) is 4.82. The summed E-state index contributed by atoms with van der Waals surface area (Å²) in [7, 11) is 0. The number of hydrogen-bond donors (Lipinski definition) is 1. The predicted octanol–water partition coefficient (Wildman–Crippen LogP) is 4.97. The highest BCUT2D eigenvalue weighted by Gasteiger charge is 2.15. The van der Waals surface area contributed by atoms with E-state index in [0.717, 1.165) is 16.2 Å². The van der Waals surface area contributed by atoms with E-state index in [0.29, 0.717) is 22.5 Å². The molecule has 0 spiro atoms. The average molecular weight is 382 g/mol. The number of pyridine rings is 1. The largest absolute Gasteiger partial charge is 0.322 e. The van der Waals surface area contributed by atoms with Crippen LogP contribution in [-0.2, 0) is 0 Å². The maximum absolute atomic E-state index is 14.5. The van der Waals surface area contributed by atoms with Crippen molar-refractivity contribution in [2.24, 2.45) is 0 Å². The van der Waals surface area contributed by atoms with Crippen molar-refractivity contribution in [3.05, 3.63) is 96.7 Å². The van der Waals surface area contributed by atoms with Gasteiger partial charge in [-0.3, -0.25) is 9.78 Å². The molecule has 6 heteroatoms. The fourth-order valence-corrected chi connectivity index (χ4v) is 3.48. The van der Waals surface area contributed by atoms with Crippen molar-refractivity contribution in [2.45, 2.75) is 0 Å². The number of fused-ring (bicyclic) bond motifs is 3. The number of rotatable bonds is 3. The third-order valence-electron chi connectivity index (χ3n) is 4.82. The van der Waals surface area contributed by atoms with Crippen LogP contribution in [-0.4, -0.2) is 20.7 Å². The lowest BCUT2D eigenvalue weighted by Gasteiger charge is -2.11. The lowest BCUT2D eigenvalue weighted by Crippen LogP contribution is -2.13. The van der Waals surface area contributed by atoms with E-state index in [1.54, 1.807) is 36.8 Å². The van der Waals surface area contributed by atoms with Gasteiger partial charge in [-0.25, -0.2) is 9.07 Å². The van der Waals surface area contributed by atoms with Crippen molar-refractivity contribution in [1.29, 1.82) is 0 Å². The molecular weight excluding hydrogens is 367 g/mol. The van der Waals surface area contributed by atoms with Gasteiger partial charge in [0.2, 0.25) is 0 Å². The summed E-state index contributed by atoms with van der Waals surface area (Å²) < 4.78 is 15.9. The van der Waals surface area contributed by atoms with E-state index in [1.807, 2.05) is 42.5 Å². The Bertz CT molecular complexity index is 1360. The minimum atomic E-state index is -0.479. The number of aromatic nitrogens is 3. The SMILES string of the molecule is O=C(Nc1ccc(-n2cccn2)c(F)c1)c1cc2ccccc2c2cccnc12. The highest BCUT2D eigenvalue weighted by Crippen LogP contribution is 2.28. The summed E-state index contributed by atoms with van der Waals surface area (Å²) in [6, 6.07) is 19.7. The Balaban J connectivity index is 1.54. The van der Waals surface area contributed by atoms with Crippen LogP contribution in [0.4, 0.5) is 10.1 Å². The number of benzene rings is 3. The summed E-state index contributed by atoms with van der Waals surface area (Å²) in [6.45, 7) is 0. The molecule has 2 aromatic heterocycles. The van der Waals surface area contributed by atoms with Gasteiger partial charge in [-0.2, -0.15) is 5.10 Å². The molecule has 0 aliphatic carbocycles. The summed E-state index contributed by atoms with van der Waals surface area (Å²) in [4.78, 5) is 17.4. The topological polar surface area (TPSA) is 59.8 Å². The van der Waals surface area contributed by atoms with Gasteiger partial charge in [0.15, 0.2) is 5.82 Å². The second-order valence-electron chi connectivity index (χ2n) is 6.62. The van der Waals surface area contributed by atoms with Crippen LogP contribution in [0, 0.1) is 5.82 Å². The first-order chi connectivity index (χ1) is 14.2. The van der Waals surface area contributed by atoms with E-state index < -0.39 is 5.82 Å². The number of nitrogens with one attached hydrogen (secondary N) is 1. The molecule has 0 saturated carbocycles. The fourth-order valence-electron chi connectivity index (χ4n) is 3.48. The zero-order valence-corrected chi connectivity index (χ0v) is 15.2. The maximum atomic E-state index is 14.5. The summed E-state index contributed by atoms with van der Waals surface area (Å²) in [5, 5.41) is 9.68. The zero-order valence-electron chi connectivity index (χ0n) is 15.2. The van der Waals surface area contributed by atoms with Crippen LogP contribution < -0.4 is 5.32 Å². The van der Waals surface area contributed by atoms with Gasteiger partial charge in [0, 0.05) is 29.7 Å². The molecule has 5 aromatic rings. The zero-order chi connectivity index (χ0) is 19.8. The van der Waals surface area contributed by atoms with Crippen LogP contribution in [0.25, 0.3) is 27.4 Å². The number of hydrogen-bond acceptors (Lipinski definition) is 3. The van der Waals surface area contributed by atoms with Crippen molar-refractivity contribution in [3.8, 4) is 5.69 Å². The lowest BCUT2D eigenvalue weighted by molar-refractivity contribution is 0.102. The lowest BCUT2D eigenvalue weighted by atomic mass is 10.0. The van der Waals surface area contributed by atoms with E-state index in [4.69, 9.17) is 0 Å². The number of carbonyl (C=O) groups excluding carboxylic acids is 1. The second-order valence-corrected chi connectivity index (χ2v) is 6.62. The Morgan fingerprint density at radius 1 is 0.931 bits per heavy atom. The second kappa shape index (κ2) is 6.83. The highest BCUT2D eigenvalue weighted by atomic mass is 19.1. The molecule has 140 valence electrons. The van der Waals surface area contributed by atoms with E-state index in [9.17, 15) is 9.18 Å². The van der Waals surface area contributed by atoms with Gasteiger partial charge >= 0.3 is 0 Å². The molecule has 0 aliphatic rings. The minimum absolute atomic E-state index is 0.311. The summed E-state index contributed by atoms with van der Waals surface area (Å²) in [5.41, 5.74) is 1.72. The van der Waals surface area contributed by atoms with Gasteiger partial charge < -0.3 is 5.32 Å². The third kappa shape index (κ3) is 3.00. The molecule has 29 heavy (non-hydrogen) atoms. The maximum Gasteiger partial charge on any atom is 0.257 e. The molecular formula is C23H15FN4O. The predicted molar refractivity (Wildman–Crippen MR) is 111 cm³/mol. The van der Waals surface area contributed by atoms with Gasteiger partial charge in [-0.15, -0.1) is 0 Å². The minimum Gasteiger partial charge on any atom is -0.322 e. The van der Waals surface area contributed by atoms with Crippen LogP contribution in [0.1, 0.15) is 10.4 Å². The molecule has 0 radical (unpaired) electrons. The molecule has 2 heterocycles. The van der Waals surface area contributed by atoms with Crippen molar-refractivity contribution >= 4 is 33.3 Å². The Kier molecular flexibility index (Phi) is 4.02. The Hall–Kier alpha value is -4.06. The molecule has 0 unspecified atom stereocenters. The molecule has 5 nitrogen and oxygen atoms in total. The van der Waals surface area contributed by atoms with Crippen LogP contribution in [0.2, 0.25) is 0 Å². The van der Waals surface area contributed by atoms with Crippen LogP contribution in [0.3, 0.4) is 0 Å². The highest BCUT2D eigenvalue weighted by molar-refractivity contribution is 6.18. The van der Waals surface area contributed by atoms with Gasteiger partial charge in [0.1, 0.15) is 5.69 Å². The van der Waals surface area contributed by atoms with Gasteiger partial charge in [-0.1, -0.05) is 30.3 Å². The van der Waals surface area contributed by atoms with Gasteiger partial charge in [0.05, 0.1) is 11.1 Å². The first-order valence-corrected chi connectivity index (χ1v) is 9.08. The molecule has 0 atom stereocenters. The van der Waals surface area contributed by atoms with Gasteiger partial charge in [-0.05, 0) is 47.2 Å². The van der Waals surface area contributed by atoms with E-state index in [2.05, 4.69) is 15.4 Å². The average Bonchev–Trinajstić information content (AvgIpc) is 3.28. The van der Waals surface area contributed by atoms with E-state index in [-0.39, 0.29) is 5.91 Å². The first kappa shape index (κ1) is 17.1. The Morgan fingerprint density at radius 3 is 2.62 bits per heavy atom. The van der Waals surface area contributed by atoms with E-state index >= 15 is 0 Å². The Labute approximate surface area is 165 Å². The first-order valence-electron chi connectivity index (χ1n) is 9.08. The van der Waals surface area contributed by atoms with E-state index in [1.165, 1.54) is 10.7 Å². The normalized spacial score (nSPS) is 11.1. The molecule has 0 aliphatic heterocycles. The number of carbonyl (C=O) groups is 1. The van der Waals surface area contributed by atoms with Crippen LogP contribution >= 0.6 is 0 Å². The molecule has 5 rings (SSSR count). The number of anilines is 1. The van der Waals surface area contributed by atoms with Crippen molar-refractivity contribution in [3.63, 3.8) is 0 Å². The van der Waals surface area contributed by atoms with Crippen molar-refractivity contribution < 1.29 is 9.18 Å². The molecule has 0 bridgehead atoms. The summed E-state index contributed by atoms with van der Waals surface area (Å²) >= 11 is 0. The molecule has 3 aromatic carbocycles. The monoisotopic (exact) mass is 382 g/mol. The standard InChI is InChI=1S/C23H15FN4O/c24-20-14-16(8-9-21(20)28-12-4-11-26-28)27-23(29)19-13-15-5-1-2-6-17(15)18-7-3-10-25-22(18)19/h1-14H,(H,27,29). The number of amides is 1. The van der Waals surface area contributed by atoms with Crippen LogP contribution in [0.15, 0.2) is 85.3 Å². The fraction of sp³-hybridized carbons (Fsp3) is 0. The van der Waals surface area contributed by atoms with Gasteiger partial charge in [0.25, 0.3) is 5.91 Å².